The van der Waals surface area contributed by atoms with E-state index in [1.54, 1.807) is 19.2 Å². The van der Waals surface area contributed by atoms with E-state index in [1.165, 1.54) is 6.07 Å². The first kappa shape index (κ1) is 11.3. The fraction of sp³-hybridized carbons (Fsp3) is 0.400. The Hall–Kier alpha value is -0.770. The molecule has 0 aliphatic heterocycles. The van der Waals surface area contributed by atoms with E-state index in [4.69, 9.17) is 22.1 Å². The Balaban J connectivity index is 3.17. The fourth-order valence-electron chi connectivity index (χ4n) is 1.26. The standard InChI is InChI=1S/C10H14ClNO2/c1-10(6-12,14-2)8-4-3-7(11)5-9(8)13/h3-5,13H,6,12H2,1-2H3. The van der Waals surface area contributed by atoms with Gasteiger partial charge < -0.3 is 15.6 Å². The van der Waals surface area contributed by atoms with Crippen LogP contribution in [0.15, 0.2) is 18.2 Å². The largest absolute Gasteiger partial charge is 0.508 e. The molecule has 0 fully saturated rings. The summed E-state index contributed by atoms with van der Waals surface area (Å²) in [5.41, 5.74) is 5.56. The molecule has 0 amide bonds. The molecule has 1 unspecified atom stereocenters. The Morgan fingerprint density at radius 3 is 2.64 bits per heavy atom. The lowest BCUT2D eigenvalue weighted by atomic mass is 9.95. The number of methoxy groups -OCH3 is 1. The van der Waals surface area contributed by atoms with Gasteiger partial charge in [-0.05, 0) is 19.1 Å². The van der Waals surface area contributed by atoms with Crippen molar-refractivity contribution in [2.75, 3.05) is 13.7 Å². The van der Waals surface area contributed by atoms with Crippen LogP contribution in [0.1, 0.15) is 12.5 Å². The second-order valence-electron chi connectivity index (χ2n) is 3.30. The van der Waals surface area contributed by atoms with Crippen LogP contribution in [0.5, 0.6) is 5.75 Å². The Kier molecular flexibility index (Phi) is 3.37. The highest BCUT2D eigenvalue weighted by atomic mass is 35.5. The Morgan fingerprint density at radius 2 is 2.21 bits per heavy atom. The van der Waals surface area contributed by atoms with E-state index in [-0.39, 0.29) is 5.75 Å². The molecule has 0 saturated carbocycles. The minimum absolute atomic E-state index is 0.104. The highest BCUT2D eigenvalue weighted by Gasteiger charge is 2.27. The molecule has 0 aliphatic rings. The number of aromatic hydroxyl groups is 1. The van der Waals surface area contributed by atoms with Gasteiger partial charge in [0.15, 0.2) is 0 Å². The van der Waals surface area contributed by atoms with Crippen molar-refractivity contribution in [3.05, 3.63) is 28.8 Å². The summed E-state index contributed by atoms with van der Waals surface area (Å²) < 4.78 is 5.27. The molecule has 1 aromatic carbocycles. The number of phenolic OH excluding ortho intramolecular Hbond substituents is 1. The van der Waals surface area contributed by atoms with Crippen molar-refractivity contribution in [2.45, 2.75) is 12.5 Å². The maximum atomic E-state index is 9.67. The zero-order chi connectivity index (χ0) is 10.8. The number of hydrogen-bond acceptors (Lipinski definition) is 3. The van der Waals surface area contributed by atoms with Gasteiger partial charge in [0.1, 0.15) is 11.4 Å². The Labute approximate surface area is 88.4 Å². The maximum absolute atomic E-state index is 9.67. The van der Waals surface area contributed by atoms with Gasteiger partial charge in [-0.1, -0.05) is 17.7 Å². The van der Waals surface area contributed by atoms with Crippen LogP contribution >= 0.6 is 11.6 Å². The van der Waals surface area contributed by atoms with Gasteiger partial charge in [-0.3, -0.25) is 0 Å². The van der Waals surface area contributed by atoms with Gasteiger partial charge in [0, 0.05) is 24.2 Å². The minimum Gasteiger partial charge on any atom is -0.508 e. The van der Waals surface area contributed by atoms with Gasteiger partial charge >= 0.3 is 0 Å². The van der Waals surface area contributed by atoms with Crippen LogP contribution in [-0.4, -0.2) is 18.8 Å². The van der Waals surface area contributed by atoms with Crippen LogP contribution < -0.4 is 5.73 Å². The molecule has 1 aromatic rings. The van der Waals surface area contributed by atoms with E-state index >= 15 is 0 Å². The molecule has 4 heteroatoms. The highest BCUT2D eigenvalue weighted by molar-refractivity contribution is 6.30. The fourth-order valence-corrected chi connectivity index (χ4v) is 1.42. The molecule has 0 heterocycles. The SMILES string of the molecule is COC(C)(CN)c1ccc(Cl)cc1O. The number of hydrogen-bond donors (Lipinski definition) is 2. The molecular formula is C10H14ClNO2. The summed E-state index contributed by atoms with van der Waals surface area (Å²) in [6.07, 6.45) is 0. The summed E-state index contributed by atoms with van der Waals surface area (Å²) in [5.74, 6) is 0.104. The van der Waals surface area contributed by atoms with Crippen LogP contribution in [0, 0.1) is 0 Å². The van der Waals surface area contributed by atoms with Crippen molar-refractivity contribution in [2.24, 2.45) is 5.73 Å². The van der Waals surface area contributed by atoms with Crippen LogP contribution in [0.25, 0.3) is 0 Å². The van der Waals surface area contributed by atoms with Gasteiger partial charge in [0.2, 0.25) is 0 Å². The van der Waals surface area contributed by atoms with Gasteiger partial charge in [-0.25, -0.2) is 0 Å². The summed E-state index contributed by atoms with van der Waals surface area (Å²) in [5, 5.41) is 10.2. The number of benzene rings is 1. The van der Waals surface area contributed by atoms with E-state index in [9.17, 15) is 5.11 Å². The lowest BCUT2D eigenvalue weighted by Gasteiger charge is -2.27. The van der Waals surface area contributed by atoms with E-state index in [0.29, 0.717) is 17.1 Å². The molecule has 3 nitrogen and oxygen atoms in total. The molecular weight excluding hydrogens is 202 g/mol. The van der Waals surface area contributed by atoms with Crippen molar-refractivity contribution in [1.82, 2.24) is 0 Å². The van der Waals surface area contributed by atoms with Gasteiger partial charge in [0.25, 0.3) is 0 Å². The lowest BCUT2D eigenvalue weighted by molar-refractivity contribution is 0.00828. The summed E-state index contributed by atoms with van der Waals surface area (Å²) in [7, 11) is 1.56. The number of rotatable bonds is 3. The molecule has 0 spiro atoms. The zero-order valence-corrected chi connectivity index (χ0v) is 9.01. The van der Waals surface area contributed by atoms with E-state index < -0.39 is 5.60 Å². The normalized spacial score (nSPS) is 15.1. The van der Waals surface area contributed by atoms with Crippen LogP contribution in [-0.2, 0) is 10.3 Å². The van der Waals surface area contributed by atoms with Crippen molar-refractivity contribution in [3.8, 4) is 5.75 Å². The third-order valence-corrected chi connectivity index (χ3v) is 2.60. The van der Waals surface area contributed by atoms with Gasteiger partial charge in [-0.2, -0.15) is 0 Å². The summed E-state index contributed by atoms with van der Waals surface area (Å²) in [4.78, 5) is 0. The van der Waals surface area contributed by atoms with Crippen molar-refractivity contribution < 1.29 is 9.84 Å². The van der Waals surface area contributed by atoms with E-state index in [2.05, 4.69) is 0 Å². The topological polar surface area (TPSA) is 55.5 Å². The first-order valence-corrected chi connectivity index (χ1v) is 4.65. The quantitative estimate of drug-likeness (QED) is 0.810. The Morgan fingerprint density at radius 1 is 1.57 bits per heavy atom. The molecule has 1 rings (SSSR count). The van der Waals surface area contributed by atoms with Gasteiger partial charge in [0.05, 0.1) is 0 Å². The first-order chi connectivity index (χ1) is 6.53. The van der Waals surface area contributed by atoms with Crippen molar-refractivity contribution in [1.29, 1.82) is 0 Å². The molecule has 3 N–H and O–H groups in total. The summed E-state index contributed by atoms with van der Waals surface area (Å²) >= 11 is 5.72. The third kappa shape index (κ3) is 2.00. The van der Waals surface area contributed by atoms with Gasteiger partial charge in [-0.15, -0.1) is 0 Å². The number of ether oxygens (including phenoxy) is 1. The van der Waals surface area contributed by atoms with Crippen molar-refractivity contribution in [3.63, 3.8) is 0 Å². The molecule has 0 bridgehead atoms. The summed E-state index contributed by atoms with van der Waals surface area (Å²) in [6.45, 7) is 2.11. The van der Waals surface area contributed by atoms with Crippen LogP contribution in [0.4, 0.5) is 0 Å². The van der Waals surface area contributed by atoms with Crippen molar-refractivity contribution >= 4 is 11.6 Å². The predicted molar refractivity (Wildman–Crippen MR) is 56.5 cm³/mol. The van der Waals surface area contributed by atoms with Crippen LogP contribution in [0.3, 0.4) is 0 Å². The Bertz CT molecular complexity index is 324. The predicted octanol–water partition coefficient (Wildman–Crippen LogP) is 1.87. The second kappa shape index (κ2) is 4.17. The molecule has 14 heavy (non-hydrogen) atoms. The third-order valence-electron chi connectivity index (χ3n) is 2.37. The molecule has 0 saturated heterocycles. The average Bonchev–Trinajstić information content (AvgIpc) is 2.17. The summed E-state index contributed by atoms with van der Waals surface area (Å²) in [6, 6.07) is 4.89. The zero-order valence-electron chi connectivity index (χ0n) is 8.25. The molecule has 0 aliphatic carbocycles. The second-order valence-corrected chi connectivity index (χ2v) is 3.74. The molecule has 0 aromatic heterocycles. The lowest BCUT2D eigenvalue weighted by Crippen LogP contribution is -2.33. The van der Waals surface area contributed by atoms with Crippen LogP contribution in [0.2, 0.25) is 5.02 Å². The molecule has 0 radical (unpaired) electrons. The molecule has 1 atom stereocenters. The monoisotopic (exact) mass is 215 g/mol. The highest BCUT2D eigenvalue weighted by Crippen LogP contribution is 2.32. The van der Waals surface area contributed by atoms with E-state index in [1.807, 2.05) is 6.92 Å². The number of nitrogens with two attached hydrogens (primary N) is 1. The minimum atomic E-state index is -0.672. The number of halogens is 1. The number of phenols is 1. The van der Waals surface area contributed by atoms with E-state index in [0.717, 1.165) is 0 Å². The maximum Gasteiger partial charge on any atom is 0.123 e. The smallest absolute Gasteiger partial charge is 0.123 e. The first-order valence-electron chi connectivity index (χ1n) is 4.27. The molecule has 78 valence electrons. The average molecular weight is 216 g/mol.